The molecular weight excluding hydrogens is 249 g/mol. The molecule has 0 bridgehead atoms. The summed E-state index contributed by atoms with van der Waals surface area (Å²) in [5.74, 6) is -3.54. The number of carboxylic acids is 1. The molecule has 7 heteroatoms. The molecule has 0 aliphatic carbocycles. The van der Waals surface area contributed by atoms with E-state index in [1.54, 1.807) is 6.07 Å². The highest BCUT2D eigenvalue weighted by atomic mass is 16.4. The lowest BCUT2D eigenvalue weighted by Gasteiger charge is -2.12. The SMILES string of the molecule is O=C(O)C(=O)N[C@H]([B]O)Cc1coc2ccccc12. The lowest BCUT2D eigenvalue weighted by molar-refractivity contribution is -0.150. The quantitative estimate of drug-likeness (QED) is 0.535. The van der Waals surface area contributed by atoms with Crippen LogP contribution in [0.4, 0.5) is 0 Å². The van der Waals surface area contributed by atoms with Crippen molar-refractivity contribution in [1.82, 2.24) is 5.32 Å². The Hall–Kier alpha value is -2.28. The summed E-state index contributed by atoms with van der Waals surface area (Å²) in [7, 11) is 0.753. The summed E-state index contributed by atoms with van der Waals surface area (Å²) in [5.41, 5.74) is 1.47. The zero-order valence-corrected chi connectivity index (χ0v) is 9.87. The minimum atomic E-state index is -1.59. The summed E-state index contributed by atoms with van der Waals surface area (Å²) in [6.07, 6.45) is 1.76. The molecule has 0 saturated heterocycles. The topological polar surface area (TPSA) is 99.8 Å². The van der Waals surface area contributed by atoms with Crippen molar-refractivity contribution in [2.24, 2.45) is 0 Å². The highest BCUT2D eigenvalue weighted by Crippen LogP contribution is 2.21. The molecule has 0 aliphatic heterocycles. The number of hydrogen-bond acceptors (Lipinski definition) is 4. The maximum atomic E-state index is 11.0. The zero-order valence-electron chi connectivity index (χ0n) is 9.87. The molecule has 1 aromatic heterocycles. The number of furan rings is 1. The van der Waals surface area contributed by atoms with E-state index in [1.165, 1.54) is 6.26 Å². The predicted octanol–water partition coefficient (Wildman–Crippen LogP) is 0.114. The molecule has 0 unspecified atom stereocenters. The van der Waals surface area contributed by atoms with Crippen molar-refractivity contribution in [1.29, 1.82) is 0 Å². The molecule has 3 N–H and O–H groups in total. The maximum Gasteiger partial charge on any atom is 0.394 e. The average Bonchev–Trinajstić information content (AvgIpc) is 2.81. The van der Waals surface area contributed by atoms with Crippen molar-refractivity contribution in [2.45, 2.75) is 12.4 Å². The molecule has 6 nitrogen and oxygen atoms in total. The Kier molecular flexibility index (Phi) is 3.86. The summed E-state index contributed by atoms with van der Waals surface area (Å²) < 4.78 is 5.32. The van der Waals surface area contributed by atoms with E-state index in [-0.39, 0.29) is 6.42 Å². The van der Waals surface area contributed by atoms with Gasteiger partial charge < -0.3 is 19.9 Å². The van der Waals surface area contributed by atoms with Crippen molar-refractivity contribution in [2.75, 3.05) is 0 Å². The van der Waals surface area contributed by atoms with Crippen molar-refractivity contribution in [3.8, 4) is 0 Å². The fourth-order valence-corrected chi connectivity index (χ4v) is 1.80. The summed E-state index contributed by atoms with van der Waals surface area (Å²) in [4.78, 5) is 21.5. The van der Waals surface area contributed by atoms with E-state index >= 15 is 0 Å². The van der Waals surface area contributed by atoms with Crippen LogP contribution in [0, 0.1) is 0 Å². The second kappa shape index (κ2) is 5.58. The largest absolute Gasteiger partial charge is 0.474 e. The van der Waals surface area contributed by atoms with Crippen LogP contribution in [0.5, 0.6) is 0 Å². The van der Waals surface area contributed by atoms with Gasteiger partial charge in [-0.05, 0) is 18.1 Å². The fraction of sp³-hybridized carbons (Fsp3) is 0.167. The van der Waals surface area contributed by atoms with E-state index in [9.17, 15) is 9.59 Å². The van der Waals surface area contributed by atoms with Gasteiger partial charge in [0.2, 0.25) is 0 Å². The second-order valence-corrected chi connectivity index (χ2v) is 4.00. The number of rotatable bonds is 4. The van der Waals surface area contributed by atoms with Crippen LogP contribution < -0.4 is 5.32 Å². The number of amides is 1. The number of benzene rings is 1. The molecular formula is C12H11BNO5. The zero-order chi connectivity index (χ0) is 13.8. The molecule has 1 amide bonds. The Morgan fingerprint density at radius 2 is 2.11 bits per heavy atom. The highest BCUT2D eigenvalue weighted by molar-refractivity contribution is 6.35. The summed E-state index contributed by atoms with van der Waals surface area (Å²) >= 11 is 0. The molecule has 97 valence electrons. The first-order valence-corrected chi connectivity index (χ1v) is 5.58. The van der Waals surface area contributed by atoms with Crippen LogP contribution in [0.25, 0.3) is 11.0 Å². The van der Waals surface area contributed by atoms with E-state index in [0.717, 1.165) is 18.4 Å². The summed E-state index contributed by atoms with van der Waals surface area (Å²) in [6.45, 7) is 0. The number of carboxylic acid groups (broad SMARTS) is 1. The van der Waals surface area contributed by atoms with Crippen LogP contribution in [0.1, 0.15) is 5.56 Å². The van der Waals surface area contributed by atoms with Gasteiger partial charge in [-0.15, -0.1) is 0 Å². The highest BCUT2D eigenvalue weighted by Gasteiger charge is 2.20. The van der Waals surface area contributed by atoms with Gasteiger partial charge in [0.15, 0.2) is 0 Å². The molecule has 1 heterocycles. The number of para-hydroxylation sites is 1. The van der Waals surface area contributed by atoms with Crippen LogP contribution in [0.15, 0.2) is 34.9 Å². The summed E-state index contributed by atoms with van der Waals surface area (Å²) in [5, 5.41) is 20.6. The number of fused-ring (bicyclic) bond motifs is 1. The van der Waals surface area contributed by atoms with Crippen molar-refractivity contribution < 1.29 is 24.1 Å². The molecule has 2 rings (SSSR count). The van der Waals surface area contributed by atoms with Gasteiger partial charge >= 0.3 is 19.4 Å². The monoisotopic (exact) mass is 260 g/mol. The minimum Gasteiger partial charge on any atom is -0.474 e. The van der Waals surface area contributed by atoms with Crippen molar-refractivity contribution >= 4 is 30.3 Å². The van der Waals surface area contributed by atoms with Crippen LogP contribution in [-0.2, 0) is 16.0 Å². The second-order valence-electron chi connectivity index (χ2n) is 4.00. The average molecular weight is 260 g/mol. The molecule has 1 radical (unpaired) electrons. The van der Waals surface area contributed by atoms with Gasteiger partial charge in [-0.2, -0.15) is 0 Å². The van der Waals surface area contributed by atoms with Crippen LogP contribution >= 0.6 is 0 Å². The Balaban J connectivity index is 2.14. The molecule has 0 saturated carbocycles. The molecule has 0 fully saturated rings. The van der Waals surface area contributed by atoms with Crippen LogP contribution in [-0.4, -0.2) is 35.4 Å². The third-order valence-corrected chi connectivity index (χ3v) is 2.69. The van der Waals surface area contributed by atoms with E-state index in [2.05, 4.69) is 5.32 Å². The van der Waals surface area contributed by atoms with E-state index in [4.69, 9.17) is 14.5 Å². The molecule has 2 aromatic rings. The fourth-order valence-electron chi connectivity index (χ4n) is 1.80. The summed E-state index contributed by atoms with van der Waals surface area (Å²) in [6, 6.07) is 7.32. The van der Waals surface area contributed by atoms with Gasteiger partial charge in [0, 0.05) is 11.3 Å². The van der Waals surface area contributed by atoms with E-state index in [1.807, 2.05) is 18.2 Å². The Bertz CT molecular complexity index is 609. The van der Waals surface area contributed by atoms with Gasteiger partial charge in [-0.25, -0.2) is 4.79 Å². The normalized spacial score (nSPS) is 12.1. The van der Waals surface area contributed by atoms with Gasteiger partial charge in [-0.1, -0.05) is 18.2 Å². The third-order valence-electron chi connectivity index (χ3n) is 2.69. The Morgan fingerprint density at radius 1 is 1.37 bits per heavy atom. The predicted molar refractivity (Wildman–Crippen MR) is 67.5 cm³/mol. The first-order chi connectivity index (χ1) is 9.11. The molecule has 1 atom stereocenters. The standard InChI is InChI=1S/C12H11BNO5/c15-11(12(16)17)14-10(13-18)5-7-6-19-9-4-2-1-3-8(7)9/h1-4,6,10,18H,5H2,(H,14,15)(H,16,17)/t10-/m0/s1. The molecule has 0 aliphatic rings. The third kappa shape index (κ3) is 2.94. The van der Waals surface area contributed by atoms with Crippen molar-refractivity contribution in [3.63, 3.8) is 0 Å². The number of hydrogen-bond donors (Lipinski definition) is 3. The number of carbonyl (C=O) groups excluding carboxylic acids is 1. The smallest absolute Gasteiger partial charge is 0.394 e. The van der Waals surface area contributed by atoms with Gasteiger partial charge in [-0.3, -0.25) is 4.79 Å². The minimum absolute atomic E-state index is 0.243. The van der Waals surface area contributed by atoms with Crippen molar-refractivity contribution in [3.05, 3.63) is 36.1 Å². The molecule has 0 spiro atoms. The first kappa shape index (κ1) is 13.2. The Morgan fingerprint density at radius 3 is 2.79 bits per heavy atom. The van der Waals surface area contributed by atoms with Crippen LogP contribution in [0.3, 0.4) is 0 Å². The number of aliphatic carboxylic acids is 1. The maximum absolute atomic E-state index is 11.0. The Labute approximate surface area is 109 Å². The first-order valence-electron chi connectivity index (χ1n) is 5.58. The number of nitrogens with one attached hydrogen (secondary N) is 1. The molecule has 19 heavy (non-hydrogen) atoms. The van der Waals surface area contributed by atoms with Gasteiger partial charge in [0.25, 0.3) is 0 Å². The van der Waals surface area contributed by atoms with Gasteiger partial charge in [0.05, 0.1) is 6.26 Å². The lowest BCUT2D eigenvalue weighted by atomic mass is 9.83. The number of carbonyl (C=O) groups is 2. The van der Waals surface area contributed by atoms with E-state index < -0.39 is 17.8 Å². The van der Waals surface area contributed by atoms with Gasteiger partial charge in [0.1, 0.15) is 5.58 Å². The van der Waals surface area contributed by atoms with Crippen LogP contribution in [0.2, 0.25) is 0 Å². The molecule has 1 aromatic carbocycles. The lowest BCUT2D eigenvalue weighted by Crippen LogP contribution is -2.44. The van der Waals surface area contributed by atoms with E-state index in [0.29, 0.717) is 5.58 Å².